The van der Waals surface area contributed by atoms with E-state index >= 15 is 0 Å². The third-order valence-corrected chi connectivity index (χ3v) is 5.03. The third kappa shape index (κ3) is 3.83. The van der Waals surface area contributed by atoms with Crippen molar-refractivity contribution >= 4 is 0 Å². The molecule has 2 atom stereocenters. The van der Waals surface area contributed by atoms with Crippen molar-refractivity contribution in [3.05, 3.63) is 35.9 Å². The molecule has 2 nitrogen and oxygen atoms in total. The quantitative estimate of drug-likeness (QED) is 0.885. The van der Waals surface area contributed by atoms with E-state index in [0.29, 0.717) is 0 Å². The summed E-state index contributed by atoms with van der Waals surface area (Å²) < 4.78 is 0. The Morgan fingerprint density at radius 1 is 1.15 bits per heavy atom. The lowest BCUT2D eigenvalue weighted by Crippen LogP contribution is -2.30. The molecule has 0 spiro atoms. The van der Waals surface area contributed by atoms with Gasteiger partial charge in [0.15, 0.2) is 0 Å². The van der Waals surface area contributed by atoms with Crippen molar-refractivity contribution in [2.75, 3.05) is 32.7 Å². The van der Waals surface area contributed by atoms with E-state index in [0.717, 1.165) is 11.8 Å². The Morgan fingerprint density at radius 3 is 2.85 bits per heavy atom. The third-order valence-electron chi connectivity index (χ3n) is 5.03. The number of rotatable bonds is 5. The van der Waals surface area contributed by atoms with Crippen molar-refractivity contribution in [2.45, 2.75) is 38.0 Å². The highest BCUT2D eigenvalue weighted by Gasteiger charge is 2.23. The van der Waals surface area contributed by atoms with Crippen LogP contribution in [0, 0.1) is 5.92 Å². The van der Waals surface area contributed by atoms with E-state index in [1.807, 2.05) is 0 Å². The molecule has 2 aliphatic rings. The number of hydrogen-bond donors (Lipinski definition) is 1. The summed E-state index contributed by atoms with van der Waals surface area (Å²) in [5.74, 6) is 1.71. The van der Waals surface area contributed by atoms with Gasteiger partial charge in [-0.05, 0) is 75.7 Å². The van der Waals surface area contributed by atoms with E-state index in [9.17, 15) is 0 Å². The Balaban J connectivity index is 1.37. The van der Waals surface area contributed by atoms with Gasteiger partial charge in [-0.15, -0.1) is 0 Å². The molecule has 1 N–H and O–H groups in total. The molecular formula is C18H28N2. The Bertz CT molecular complexity index is 384. The molecule has 0 aromatic heterocycles. The average molecular weight is 272 g/mol. The first kappa shape index (κ1) is 14.1. The highest BCUT2D eigenvalue weighted by atomic mass is 15.1. The first-order chi connectivity index (χ1) is 9.92. The minimum absolute atomic E-state index is 0.771. The number of nitrogens with one attached hydrogen (secondary N) is 1. The Hall–Kier alpha value is -0.860. The Morgan fingerprint density at radius 2 is 2.05 bits per heavy atom. The summed E-state index contributed by atoms with van der Waals surface area (Å²) in [4.78, 5) is 2.67. The molecule has 0 saturated carbocycles. The van der Waals surface area contributed by atoms with Crippen LogP contribution in [0.15, 0.2) is 30.3 Å². The lowest BCUT2D eigenvalue weighted by Gasteiger charge is -2.24. The summed E-state index contributed by atoms with van der Waals surface area (Å²) in [7, 11) is 0. The fourth-order valence-electron chi connectivity index (χ4n) is 3.81. The van der Waals surface area contributed by atoms with Crippen molar-refractivity contribution < 1.29 is 0 Å². The maximum absolute atomic E-state index is 3.53. The van der Waals surface area contributed by atoms with Crippen molar-refractivity contribution in [3.63, 3.8) is 0 Å². The van der Waals surface area contributed by atoms with E-state index in [-0.39, 0.29) is 0 Å². The second kappa shape index (κ2) is 7.24. The van der Waals surface area contributed by atoms with Crippen LogP contribution in [0.1, 0.15) is 43.6 Å². The van der Waals surface area contributed by atoms with Crippen molar-refractivity contribution in [1.29, 1.82) is 0 Å². The molecule has 0 aliphatic carbocycles. The lowest BCUT2D eigenvalue weighted by atomic mass is 9.94. The number of nitrogens with zero attached hydrogens (tertiary/aromatic N) is 1. The minimum Gasteiger partial charge on any atom is -0.316 e. The molecule has 0 amide bonds. The molecule has 0 radical (unpaired) electrons. The van der Waals surface area contributed by atoms with Crippen molar-refractivity contribution in [1.82, 2.24) is 10.2 Å². The number of hydrogen-bond acceptors (Lipinski definition) is 2. The van der Waals surface area contributed by atoms with Crippen molar-refractivity contribution in [3.8, 4) is 0 Å². The first-order valence-electron chi connectivity index (χ1n) is 8.40. The molecule has 3 rings (SSSR count). The zero-order chi connectivity index (χ0) is 13.6. The molecule has 110 valence electrons. The Labute approximate surface area is 123 Å². The van der Waals surface area contributed by atoms with Crippen LogP contribution in [0.2, 0.25) is 0 Å². The molecule has 20 heavy (non-hydrogen) atoms. The second-order valence-electron chi connectivity index (χ2n) is 6.55. The first-order valence-corrected chi connectivity index (χ1v) is 8.40. The summed E-state index contributed by atoms with van der Waals surface area (Å²) in [5.41, 5.74) is 1.53. The van der Waals surface area contributed by atoms with Crippen LogP contribution in [0.4, 0.5) is 0 Å². The lowest BCUT2D eigenvalue weighted by molar-refractivity contribution is 0.292. The van der Waals surface area contributed by atoms with E-state index < -0.39 is 0 Å². The van der Waals surface area contributed by atoms with E-state index in [4.69, 9.17) is 0 Å². The smallest absolute Gasteiger partial charge is 0.00507 e. The van der Waals surface area contributed by atoms with Crippen LogP contribution >= 0.6 is 0 Å². The predicted octanol–water partition coefficient (Wildman–Crippen LogP) is 3.26. The highest BCUT2D eigenvalue weighted by Crippen LogP contribution is 2.27. The predicted molar refractivity (Wildman–Crippen MR) is 85.1 cm³/mol. The normalized spacial score (nSPS) is 27.8. The summed E-state index contributed by atoms with van der Waals surface area (Å²) in [5, 5.41) is 3.53. The van der Waals surface area contributed by atoms with Gasteiger partial charge < -0.3 is 10.2 Å². The van der Waals surface area contributed by atoms with Gasteiger partial charge in [-0.2, -0.15) is 0 Å². The molecule has 2 saturated heterocycles. The molecule has 2 unspecified atom stereocenters. The molecule has 2 heterocycles. The zero-order valence-corrected chi connectivity index (χ0v) is 12.6. The van der Waals surface area contributed by atoms with Gasteiger partial charge >= 0.3 is 0 Å². The summed E-state index contributed by atoms with van der Waals surface area (Å²) in [6, 6.07) is 11.1. The van der Waals surface area contributed by atoms with Crippen LogP contribution in [0.5, 0.6) is 0 Å². The van der Waals surface area contributed by atoms with E-state index in [1.165, 1.54) is 70.4 Å². The van der Waals surface area contributed by atoms with Gasteiger partial charge in [-0.3, -0.25) is 0 Å². The number of likely N-dealkylation sites (tertiary alicyclic amines) is 1. The molecule has 2 fully saturated rings. The second-order valence-corrected chi connectivity index (χ2v) is 6.55. The topological polar surface area (TPSA) is 15.3 Å². The number of piperidine rings is 1. The molecule has 1 aromatic rings. The SMILES string of the molecule is c1ccc(C2CCN(CCCC3CCCNC3)C2)cc1. The van der Waals surface area contributed by atoms with Gasteiger partial charge in [-0.25, -0.2) is 0 Å². The fourth-order valence-corrected chi connectivity index (χ4v) is 3.81. The van der Waals surface area contributed by atoms with Gasteiger partial charge in [-0.1, -0.05) is 30.3 Å². The summed E-state index contributed by atoms with van der Waals surface area (Å²) in [6.45, 7) is 6.36. The monoisotopic (exact) mass is 272 g/mol. The average Bonchev–Trinajstić information content (AvgIpc) is 2.98. The molecular weight excluding hydrogens is 244 g/mol. The standard InChI is InChI=1S/C18H28N2/c1-2-8-17(9-3-1)18-10-13-20(15-18)12-5-7-16-6-4-11-19-14-16/h1-3,8-9,16,18-19H,4-7,10-15H2. The fraction of sp³-hybridized carbons (Fsp3) is 0.667. The van der Waals surface area contributed by atoms with Gasteiger partial charge in [0, 0.05) is 6.54 Å². The van der Waals surface area contributed by atoms with Crippen LogP contribution in [-0.4, -0.2) is 37.6 Å². The highest BCUT2D eigenvalue weighted by molar-refractivity contribution is 5.20. The van der Waals surface area contributed by atoms with E-state index in [2.05, 4.69) is 40.5 Å². The number of benzene rings is 1. The largest absolute Gasteiger partial charge is 0.316 e. The van der Waals surface area contributed by atoms with Gasteiger partial charge in [0.2, 0.25) is 0 Å². The summed E-state index contributed by atoms with van der Waals surface area (Å²) in [6.07, 6.45) is 6.96. The minimum atomic E-state index is 0.771. The van der Waals surface area contributed by atoms with Gasteiger partial charge in [0.1, 0.15) is 0 Å². The maximum Gasteiger partial charge on any atom is 0.00507 e. The van der Waals surface area contributed by atoms with Crippen LogP contribution in [0.25, 0.3) is 0 Å². The molecule has 2 aliphatic heterocycles. The summed E-state index contributed by atoms with van der Waals surface area (Å²) >= 11 is 0. The molecule has 1 aromatic carbocycles. The van der Waals surface area contributed by atoms with E-state index in [1.54, 1.807) is 0 Å². The van der Waals surface area contributed by atoms with Gasteiger partial charge in [0.25, 0.3) is 0 Å². The zero-order valence-electron chi connectivity index (χ0n) is 12.6. The maximum atomic E-state index is 3.53. The molecule has 2 heteroatoms. The van der Waals surface area contributed by atoms with Crippen LogP contribution in [0.3, 0.4) is 0 Å². The van der Waals surface area contributed by atoms with Crippen LogP contribution < -0.4 is 5.32 Å². The van der Waals surface area contributed by atoms with Crippen molar-refractivity contribution in [2.24, 2.45) is 5.92 Å². The molecule has 0 bridgehead atoms. The Kier molecular flexibility index (Phi) is 5.10. The van der Waals surface area contributed by atoms with Gasteiger partial charge in [0.05, 0.1) is 0 Å². The van der Waals surface area contributed by atoms with Crippen LogP contribution in [-0.2, 0) is 0 Å².